The minimum absolute atomic E-state index is 0.116. The highest BCUT2D eigenvalue weighted by Crippen LogP contribution is 2.20. The van der Waals surface area contributed by atoms with Crippen LogP contribution in [-0.4, -0.2) is 41.7 Å². The molecule has 4 nitrogen and oxygen atoms in total. The van der Waals surface area contributed by atoms with Crippen molar-refractivity contribution in [3.05, 3.63) is 24.0 Å². The number of thioether (sulfide) groups is 1. The molecule has 1 rings (SSSR count). The lowest BCUT2D eigenvalue weighted by Crippen LogP contribution is -2.35. The van der Waals surface area contributed by atoms with Gasteiger partial charge in [0.1, 0.15) is 0 Å². The molecule has 0 aliphatic heterocycles. The number of halogens is 3. The van der Waals surface area contributed by atoms with E-state index in [2.05, 4.69) is 15.0 Å². The van der Waals surface area contributed by atoms with E-state index in [1.165, 1.54) is 18.3 Å². The summed E-state index contributed by atoms with van der Waals surface area (Å²) < 4.78 is 41.0. The molecule has 20 heavy (non-hydrogen) atoms. The normalized spacial score (nSPS) is 12.8. The minimum atomic E-state index is -4.46. The summed E-state index contributed by atoms with van der Waals surface area (Å²) in [6, 6.07) is 2.58. The minimum Gasteiger partial charge on any atom is -0.482 e. The van der Waals surface area contributed by atoms with E-state index in [-0.39, 0.29) is 17.5 Å². The number of carbonyl (C=O) groups excluding carboxylic acids is 1. The van der Waals surface area contributed by atoms with Crippen molar-refractivity contribution in [1.82, 2.24) is 10.3 Å². The van der Waals surface area contributed by atoms with E-state index in [4.69, 9.17) is 0 Å². The first kappa shape index (κ1) is 16.6. The van der Waals surface area contributed by atoms with Gasteiger partial charge in [-0.3, -0.25) is 4.79 Å². The summed E-state index contributed by atoms with van der Waals surface area (Å²) in [4.78, 5) is 15.7. The molecule has 0 saturated heterocycles. The molecule has 0 aromatic carbocycles. The predicted molar refractivity (Wildman–Crippen MR) is 71.1 cm³/mol. The van der Waals surface area contributed by atoms with Crippen molar-refractivity contribution in [2.24, 2.45) is 0 Å². The Hall–Kier alpha value is -1.44. The molecule has 0 unspecified atom stereocenters. The van der Waals surface area contributed by atoms with Gasteiger partial charge in [-0.2, -0.15) is 24.9 Å². The third-order valence-corrected chi connectivity index (χ3v) is 3.00. The van der Waals surface area contributed by atoms with Gasteiger partial charge >= 0.3 is 6.18 Å². The Morgan fingerprint density at radius 2 is 2.25 bits per heavy atom. The van der Waals surface area contributed by atoms with Gasteiger partial charge in [0.15, 0.2) is 18.1 Å². The third kappa shape index (κ3) is 5.68. The van der Waals surface area contributed by atoms with Crippen molar-refractivity contribution < 1.29 is 22.7 Å². The van der Waals surface area contributed by atoms with Crippen LogP contribution >= 0.6 is 11.8 Å². The lowest BCUT2D eigenvalue weighted by atomic mass is 10.3. The lowest BCUT2D eigenvalue weighted by Gasteiger charge is -2.15. The topological polar surface area (TPSA) is 51.2 Å². The molecule has 0 spiro atoms. The Kier molecular flexibility index (Phi) is 6.12. The molecule has 0 fully saturated rings. The van der Waals surface area contributed by atoms with Crippen LogP contribution in [0.4, 0.5) is 13.2 Å². The number of pyridine rings is 1. The smallest absolute Gasteiger partial charge is 0.422 e. The van der Waals surface area contributed by atoms with E-state index in [1.807, 2.05) is 6.26 Å². The largest absolute Gasteiger partial charge is 0.482 e. The molecule has 112 valence electrons. The number of rotatable bonds is 6. The van der Waals surface area contributed by atoms with Crippen LogP contribution in [0.25, 0.3) is 0 Å². The maximum Gasteiger partial charge on any atom is 0.422 e. The number of nitrogens with zero attached hydrogens (tertiary/aromatic N) is 1. The summed E-state index contributed by atoms with van der Waals surface area (Å²) in [7, 11) is 0. The molecular formula is C12H15F3N2O2S. The third-order valence-electron chi connectivity index (χ3n) is 2.17. The molecule has 1 aromatic heterocycles. The van der Waals surface area contributed by atoms with Crippen LogP contribution in [0.3, 0.4) is 0 Å². The van der Waals surface area contributed by atoms with Crippen molar-refractivity contribution >= 4 is 17.7 Å². The van der Waals surface area contributed by atoms with Crippen LogP contribution in [0.5, 0.6) is 5.75 Å². The standard InChI is InChI=1S/C12H15F3N2O2S/c1-8(6-20-2)17-11(18)10-9(4-3-5-16-10)19-7-12(13,14)15/h3-5,8H,6-7H2,1-2H3,(H,17,18)/t8-/m0/s1. The average molecular weight is 308 g/mol. The van der Waals surface area contributed by atoms with Gasteiger partial charge in [0, 0.05) is 18.0 Å². The summed E-state index contributed by atoms with van der Waals surface area (Å²) in [6.45, 7) is 0.340. The number of amides is 1. The van der Waals surface area contributed by atoms with Crippen LogP contribution in [0, 0.1) is 0 Å². The summed E-state index contributed by atoms with van der Waals surface area (Å²) in [5, 5.41) is 2.65. The van der Waals surface area contributed by atoms with Crippen molar-refractivity contribution in [1.29, 1.82) is 0 Å². The molecule has 1 N–H and O–H groups in total. The maximum absolute atomic E-state index is 12.1. The number of nitrogens with one attached hydrogen (secondary N) is 1. The van der Waals surface area contributed by atoms with Crippen LogP contribution in [-0.2, 0) is 0 Å². The highest BCUT2D eigenvalue weighted by Gasteiger charge is 2.29. The van der Waals surface area contributed by atoms with Crippen LogP contribution < -0.4 is 10.1 Å². The molecule has 0 saturated carbocycles. The molecule has 0 radical (unpaired) electrons. The van der Waals surface area contributed by atoms with Crippen LogP contribution in [0.1, 0.15) is 17.4 Å². The fourth-order valence-corrected chi connectivity index (χ4v) is 2.00. The molecule has 1 amide bonds. The SMILES string of the molecule is CSC[C@H](C)NC(=O)c1ncccc1OCC(F)(F)F. The quantitative estimate of drug-likeness (QED) is 0.877. The van der Waals surface area contributed by atoms with Gasteiger partial charge in [-0.25, -0.2) is 4.98 Å². The summed E-state index contributed by atoms with van der Waals surface area (Å²) in [5.74, 6) is -0.0416. The highest BCUT2D eigenvalue weighted by molar-refractivity contribution is 7.98. The number of aromatic nitrogens is 1. The Balaban J connectivity index is 2.76. The van der Waals surface area contributed by atoms with E-state index < -0.39 is 18.7 Å². The first-order valence-electron chi connectivity index (χ1n) is 5.78. The van der Waals surface area contributed by atoms with Gasteiger partial charge < -0.3 is 10.1 Å². The fourth-order valence-electron chi connectivity index (χ4n) is 1.42. The monoisotopic (exact) mass is 308 g/mol. The van der Waals surface area contributed by atoms with Crippen molar-refractivity contribution in [3.63, 3.8) is 0 Å². The highest BCUT2D eigenvalue weighted by atomic mass is 32.2. The first-order chi connectivity index (χ1) is 9.33. The van der Waals surface area contributed by atoms with Crippen LogP contribution in [0.15, 0.2) is 18.3 Å². The Labute approximate surface area is 119 Å². The second kappa shape index (κ2) is 7.37. The summed E-state index contributed by atoms with van der Waals surface area (Å²) in [6.07, 6.45) is -1.24. The fraction of sp³-hybridized carbons (Fsp3) is 0.500. The first-order valence-corrected chi connectivity index (χ1v) is 7.17. The Bertz CT molecular complexity index is 455. The summed E-state index contributed by atoms with van der Waals surface area (Å²) >= 11 is 1.55. The van der Waals surface area contributed by atoms with Crippen molar-refractivity contribution in [3.8, 4) is 5.75 Å². The number of alkyl halides is 3. The number of carbonyl (C=O) groups is 1. The molecular weight excluding hydrogens is 293 g/mol. The van der Waals surface area contributed by atoms with E-state index >= 15 is 0 Å². The van der Waals surface area contributed by atoms with Crippen molar-refractivity contribution in [2.45, 2.75) is 19.1 Å². The zero-order valence-electron chi connectivity index (χ0n) is 11.0. The molecule has 0 bridgehead atoms. The summed E-state index contributed by atoms with van der Waals surface area (Å²) in [5.41, 5.74) is -0.148. The molecule has 8 heteroatoms. The van der Waals surface area contributed by atoms with Gasteiger partial charge in [0.25, 0.3) is 5.91 Å². The van der Waals surface area contributed by atoms with E-state index in [0.29, 0.717) is 5.75 Å². The average Bonchev–Trinajstić information content (AvgIpc) is 2.36. The van der Waals surface area contributed by atoms with E-state index in [0.717, 1.165) is 0 Å². The van der Waals surface area contributed by atoms with Crippen molar-refractivity contribution in [2.75, 3.05) is 18.6 Å². The lowest BCUT2D eigenvalue weighted by molar-refractivity contribution is -0.153. The number of ether oxygens (including phenoxy) is 1. The number of hydrogen-bond acceptors (Lipinski definition) is 4. The Morgan fingerprint density at radius 3 is 2.85 bits per heavy atom. The maximum atomic E-state index is 12.1. The molecule has 0 aliphatic rings. The zero-order chi connectivity index (χ0) is 15.2. The predicted octanol–water partition coefficient (Wildman–Crippen LogP) is 2.50. The second-order valence-corrected chi connectivity index (χ2v) is 4.99. The van der Waals surface area contributed by atoms with E-state index in [9.17, 15) is 18.0 Å². The second-order valence-electron chi connectivity index (χ2n) is 4.08. The molecule has 1 heterocycles. The molecule has 0 aliphatic carbocycles. The Morgan fingerprint density at radius 1 is 1.55 bits per heavy atom. The van der Waals surface area contributed by atoms with E-state index in [1.54, 1.807) is 18.7 Å². The van der Waals surface area contributed by atoms with Gasteiger partial charge in [-0.1, -0.05) is 0 Å². The van der Waals surface area contributed by atoms with Gasteiger partial charge in [0.05, 0.1) is 0 Å². The number of hydrogen-bond donors (Lipinski definition) is 1. The molecule has 1 aromatic rings. The van der Waals surface area contributed by atoms with Crippen LogP contribution in [0.2, 0.25) is 0 Å². The van der Waals surface area contributed by atoms with Gasteiger partial charge in [-0.05, 0) is 25.3 Å². The molecule has 1 atom stereocenters. The zero-order valence-corrected chi connectivity index (χ0v) is 11.8. The van der Waals surface area contributed by atoms with Gasteiger partial charge in [-0.15, -0.1) is 0 Å². The van der Waals surface area contributed by atoms with Gasteiger partial charge in [0.2, 0.25) is 0 Å².